The van der Waals surface area contributed by atoms with Crippen molar-refractivity contribution in [1.29, 1.82) is 0 Å². The lowest BCUT2D eigenvalue weighted by Crippen LogP contribution is -1.91. The molecule has 0 spiro atoms. The normalized spacial score (nSPS) is 13.4. The second kappa shape index (κ2) is 4.65. The number of phenols is 1. The van der Waals surface area contributed by atoms with Crippen LogP contribution >= 0.6 is 0 Å². The van der Waals surface area contributed by atoms with E-state index in [2.05, 4.69) is 0 Å². The van der Waals surface area contributed by atoms with Crippen molar-refractivity contribution in [3.63, 3.8) is 0 Å². The van der Waals surface area contributed by atoms with E-state index in [9.17, 15) is 9.50 Å². The average Bonchev–Trinajstić information content (AvgIpc) is 2.15. The van der Waals surface area contributed by atoms with Crippen LogP contribution in [0.2, 0.25) is 0 Å². The summed E-state index contributed by atoms with van der Waals surface area (Å²) in [5.41, 5.74) is 0.862. The van der Waals surface area contributed by atoms with Crippen molar-refractivity contribution in [2.45, 2.75) is 19.3 Å². The number of rotatable bonds is 3. The topological polar surface area (TPSA) is 20.2 Å². The maximum atomic E-state index is 11.7. The minimum atomic E-state index is 0.146. The van der Waals surface area contributed by atoms with Gasteiger partial charge in [0.2, 0.25) is 0 Å². The minimum absolute atomic E-state index is 0.146. The summed E-state index contributed by atoms with van der Waals surface area (Å²) in [6.45, 7) is 1.95. The third kappa shape index (κ3) is 2.58. The predicted molar refractivity (Wildman–Crippen MR) is 51.4 cm³/mol. The Bertz CT molecular complexity index is 294. The van der Waals surface area contributed by atoms with E-state index in [0.29, 0.717) is 12.8 Å². The molecule has 0 aliphatic rings. The average molecular weight is 180 g/mol. The van der Waals surface area contributed by atoms with Crippen molar-refractivity contribution in [3.05, 3.63) is 42.2 Å². The molecule has 1 rings (SSSR count). The summed E-state index contributed by atoms with van der Waals surface area (Å²) < 4.78 is 11.7. The van der Waals surface area contributed by atoms with Gasteiger partial charge >= 0.3 is 0 Å². The second-order valence-corrected chi connectivity index (χ2v) is 3.06. The zero-order chi connectivity index (χ0) is 9.68. The number of benzene rings is 1. The van der Waals surface area contributed by atoms with Crippen LogP contribution in [0.5, 0.6) is 5.75 Å². The first-order valence-electron chi connectivity index (χ1n) is 4.29. The Morgan fingerprint density at radius 3 is 2.77 bits per heavy atom. The summed E-state index contributed by atoms with van der Waals surface area (Å²) in [5.74, 6) is 0.426. The molecular weight excluding hydrogens is 167 g/mol. The quantitative estimate of drug-likeness (QED) is 0.756. The molecule has 0 heterocycles. The molecule has 0 saturated heterocycles. The Balaban J connectivity index is 2.76. The van der Waals surface area contributed by atoms with Crippen LogP contribution in [0, 0.1) is 0 Å². The van der Waals surface area contributed by atoms with Gasteiger partial charge in [0.1, 0.15) is 5.75 Å². The monoisotopic (exact) mass is 180 g/mol. The smallest absolute Gasteiger partial charge is 0.119 e. The van der Waals surface area contributed by atoms with Crippen molar-refractivity contribution in [3.8, 4) is 5.75 Å². The Morgan fingerprint density at radius 2 is 2.15 bits per heavy atom. The van der Waals surface area contributed by atoms with Crippen LogP contribution in [0.25, 0.3) is 0 Å². The van der Waals surface area contributed by atoms with Crippen molar-refractivity contribution in [2.24, 2.45) is 0 Å². The summed E-state index contributed by atoms with van der Waals surface area (Å²) in [7, 11) is 0. The van der Waals surface area contributed by atoms with Crippen molar-refractivity contribution >= 4 is 0 Å². The number of aromatic hydroxyl groups is 1. The number of hydrogen-bond donors (Lipinski definition) is 1. The molecule has 70 valence electrons. The van der Waals surface area contributed by atoms with Gasteiger partial charge in [-0.3, -0.25) is 0 Å². The van der Waals surface area contributed by atoms with Crippen molar-refractivity contribution in [1.82, 2.24) is 0 Å². The van der Waals surface area contributed by atoms with Crippen LogP contribution in [-0.4, -0.2) is 5.11 Å². The number of hydrogen-bond acceptors (Lipinski definition) is 1. The number of halogens is 1. The molecule has 1 unspecified atom stereocenters. The molecule has 13 heavy (non-hydrogen) atoms. The number of phenolic OH excluding ortho intramolecular Hbond substituents is 1. The molecule has 0 saturated carbocycles. The van der Waals surface area contributed by atoms with E-state index in [1.807, 2.05) is 19.1 Å². The van der Waals surface area contributed by atoms with Gasteiger partial charge in [-0.1, -0.05) is 31.2 Å². The summed E-state index contributed by atoms with van der Waals surface area (Å²) in [4.78, 5) is 0. The predicted octanol–water partition coefficient (Wildman–Crippen LogP) is 3.37. The largest absolute Gasteiger partial charge is 0.508 e. The van der Waals surface area contributed by atoms with Crippen LogP contribution < -0.4 is 0 Å². The van der Waals surface area contributed by atoms with E-state index < -0.39 is 0 Å². The fraction of sp³-hybridized carbons (Fsp3) is 0.273. The molecule has 1 aromatic rings. The molecule has 2 heteroatoms. The summed E-state index contributed by atoms with van der Waals surface area (Å²) in [5, 5.41) is 9.46. The minimum Gasteiger partial charge on any atom is -0.508 e. The van der Waals surface area contributed by atoms with Gasteiger partial charge < -0.3 is 5.11 Å². The Morgan fingerprint density at radius 1 is 1.46 bits per heavy atom. The first-order chi connectivity index (χ1) is 6.25. The lowest BCUT2D eigenvalue weighted by molar-refractivity contribution is 0.463. The van der Waals surface area contributed by atoms with E-state index in [1.165, 1.54) is 6.08 Å². The van der Waals surface area contributed by atoms with Gasteiger partial charge in [0, 0.05) is 0 Å². The maximum absolute atomic E-state index is 11.7. The Hall–Kier alpha value is -1.31. The molecule has 0 amide bonds. The Labute approximate surface area is 77.5 Å². The van der Waals surface area contributed by atoms with E-state index in [-0.39, 0.29) is 11.7 Å². The molecule has 0 aliphatic carbocycles. The molecule has 1 nitrogen and oxygen atoms in total. The number of para-hydroxylation sites is 1. The van der Waals surface area contributed by atoms with E-state index in [0.717, 1.165) is 5.56 Å². The maximum Gasteiger partial charge on any atom is 0.119 e. The van der Waals surface area contributed by atoms with Crippen molar-refractivity contribution < 1.29 is 9.50 Å². The molecule has 0 aliphatic heterocycles. The number of allylic oxidation sites excluding steroid dienone is 1. The summed E-state index contributed by atoms with van der Waals surface area (Å²) in [6, 6.07) is 7.14. The molecule has 0 fully saturated rings. The van der Waals surface area contributed by atoms with Crippen molar-refractivity contribution in [2.75, 3.05) is 0 Å². The zero-order valence-corrected chi connectivity index (χ0v) is 7.57. The highest BCUT2D eigenvalue weighted by Gasteiger charge is 2.07. The van der Waals surface area contributed by atoms with Gasteiger partial charge in [-0.25, -0.2) is 4.39 Å². The molecule has 1 atom stereocenters. The van der Waals surface area contributed by atoms with Crippen LogP contribution in [0.15, 0.2) is 36.7 Å². The summed E-state index contributed by atoms with van der Waals surface area (Å²) in [6.07, 6.45) is 2.60. The third-order valence-electron chi connectivity index (χ3n) is 2.05. The highest BCUT2D eigenvalue weighted by atomic mass is 19.1. The third-order valence-corrected chi connectivity index (χ3v) is 2.05. The fourth-order valence-electron chi connectivity index (χ4n) is 1.29. The van der Waals surface area contributed by atoms with E-state index in [4.69, 9.17) is 0 Å². The lowest BCUT2D eigenvalue weighted by atomic mass is 9.97. The first kappa shape index (κ1) is 9.78. The van der Waals surface area contributed by atoms with Gasteiger partial charge in [0.05, 0.1) is 6.33 Å². The summed E-state index contributed by atoms with van der Waals surface area (Å²) >= 11 is 0. The highest BCUT2D eigenvalue weighted by Crippen LogP contribution is 2.27. The van der Waals surface area contributed by atoms with E-state index >= 15 is 0 Å². The fourth-order valence-corrected chi connectivity index (χ4v) is 1.29. The van der Waals surface area contributed by atoms with E-state index in [1.54, 1.807) is 12.1 Å². The molecule has 0 bridgehead atoms. The molecule has 1 aromatic carbocycles. The SMILES string of the molecule is CC(C/C=C/F)c1ccccc1O. The van der Waals surface area contributed by atoms with Gasteiger partial charge in [-0.05, 0) is 24.0 Å². The van der Waals surface area contributed by atoms with Gasteiger partial charge in [-0.15, -0.1) is 0 Å². The zero-order valence-electron chi connectivity index (χ0n) is 7.57. The van der Waals surface area contributed by atoms with Crippen LogP contribution in [-0.2, 0) is 0 Å². The van der Waals surface area contributed by atoms with Gasteiger partial charge in [0.15, 0.2) is 0 Å². The van der Waals surface area contributed by atoms with Crippen LogP contribution in [0.1, 0.15) is 24.8 Å². The highest BCUT2D eigenvalue weighted by molar-refractivity contribution is 5.34. The molecule has 0 radical (unpaired) electrons. The standard InChI is InChI=1S/C11H13FO/c1-9(5-4-8-12)10-6-2-3-7-11(10)13/h2-4,6-9,13H,5H2,1H3/b8-4+. The molecular formula is C11H13FO. The van der Waals surface area contributed by atoms with Gasteiger partial charge in [0.25, 0.3) is 0 Å². The Kier molecular flexibility index (Phi) is 3.50. The molecule has 0 aromatic heterocycles. The lowest BCUT2D eigenvalue weighted by Gasteiger charge is -2.10. The van der Waals surface area contributed by atoms with Crippen LogP contribution in [0.3, 0.4) is 0 Å². The van der Waals surface area contributed by atoms with Gasteiger partial charge in [-0.2, -0.15) is 0 Å². The molecule has 1 N–H and O–H groups in total. The van der Waals surface area contributed by atoms with Crippen LogP contribution in [0.4, 0.5) is 4.39 Å². The first-order valence-corrected chi connectivity index (χ1v) is 4.29. The second-order valence-electron chi connectivity index (χ2n) is 3.06.